The highest BCUT2D eigenvalue weighted by atomic mass is 32.1. The molecule has 29 heavy (non-hydrogen) atoms. The van der Waals surface area contributed by atoms with Gasteiger partial charge in [0.1, 0.15) is 5.69 Å². The molecule has 8 heteroatoms. The topological polar surface area (TPSA) is 96.8 Å². The van der Waals surface area contributed by atoms with Crippen LogP contribution in [0.15, 0.2) is 75.6 Å². The van der Waals surface area contributed by atoms with E-state index in [1.165, 1.54) is 11.3 Å². The van der Waals surface area contributed by atoms with E-state index in [-0.39, 0.29) is 5.69 Å². The van der Waals surface area contributed by atoms with Crippen molar-refractivity contribution in [3.05, 3.63) is 97.6 Å². The van der Waals surface area contributed by atoms with Gasteiger partial charge < -0.3 is 10.3 Å². The van der Waals surface area contributed by atoms with Crippen LogP contribution in [0.3, 0.4) is 0 Å². The second-order valence-electron chi connectivity index (χ2n) is 6.25. The fourth-order valence-electron chi connectivity index (χ4n) is 2.93. The molecule has 0 saturated carbocycles. The van der Waals surface area contributed by atoms with Gasteiger partial charge in [-0.3, -0.25) is 9.59 Å². The van der Waals surface area contributed by atoms with Gasteiger partial charge in [0.15, 0.2) is 0 Å². The lowest BCUT2D eigenvalue weighted by Crippen LogP contribution is -2.35. The van der Waals surface area contributed by atoms with E-state index in [4.69, 9.17) is 0 Å². The maximum Gasteiger partial charge on any atom is 0.333 e. The number of nitrogens with zero attached hydrogens (tertiary/aromatic N) is 2. The summed E-state index contributed by atoms with van der Waals surface area (Å²) in [5.74, 6) is -0.584. The van der Waals surface area contributed by atoms with E-state index in [2.05, 4.69) is 15.3 Å². The minimum atomic E-state index is -0.683. The molecule has 0 radical (unpaired) electrons. The van der Waals surface area contributed by atoms with Crippen LogP contribution in [-0.4, -0.2) is 20.4 Å². The van der Waals surface area contributed by atoms with Gasteiger partial charge in [0, 0.05) is 17.0 Å². The van der Waals surface area contributed by atoms with Gasteiger partial charge >= 0.3 is 5.69 Å². The molecule has 1 amide bonds. The third-order valence-corrected chi connectivity index (χ3v) is 5.04. The highest BCUT2D eigenvalue weighted by Gasteiger charge is 2.15. The molecule has 2 heterocycles. The first-order chi connectivity index (χ1) is 14.0. The number of aromatic nitrogens is 3. The molecule has 0 spiro atoms. The lowest BCUT2D eigenvalue weighted by Gasteiger charge is -2.10. The third-order valence-electron chi connectivity index (χ3n) is 4.26. The number of hydrogen-bond donors (Lipinski definition) is 2. The Morgan fingerprint density at radius 2 is 1.79 bits per heavy atom. The summed E-state index contributed by atoms with van der Waals surface area (Å²) < 4.78 is 0.975. The SMILES string of the molecule is Cc1nc(-c2ccccc2NC(=O)c2cc(=O)n(-c3ccccc3)c(=O)[nH]2)cs1. The zero-order valence-electron chi connectivity index (χ0n) is 15.4. The molecule has 144 valence electrons. The van der Waals surface area contributed by atoms with Gasteiger partial charge in [-0.15, -0.1) is 11.3 Å². The van der Waals surface area contributed by atoms with E-state index in [9.17, 15) is 14.4 Å². The summed E-state index contributed by atoms with van der Waals surface area (Å²) in [5, 5.41) is 5.57. The second-order valence-corrected chi connectivity index (χ2v) is 7.31. The number of anilines is 1. The van der Waals surface area contributed by atoms with E-state index < -0.39 is 17.2 Å². The predicted octanol–water partition coefficient (Wildman–Crippen LogP) is 3.21. The van der Waals surface area contributed by atoms with Gasteiger partial charge in [0.05, 0.1) is 22.1 Å². The number of carbonyl (C=O) groups is 1. The molecule has 0 unspecified atom stereocenters. The third kappa shape index (κ3) is 3.78. The zero-order chi connectivity index (χ0) is 20.4. The maximum absolute atomic E-state index is 12.7. The molecule has 0 saturated heterocycles. The smallest absolute Gasteiger partial charge is 0.320 e. The summed E-state index contributed by atoms with van der Waals surface area (Å²) in [5.41, 5.74) is 1.08. The number of rotatable bonds is 4. The molecule has 0 aliphatic heterocycles. The van der Waals surface area contributed by atoms with Crippen molar-refractivity contribution >= 4 is 22.9 Å². The first kappa shape index (κ1) is 18.6. The summed E-state index contributed by atoms with van der Waals surface area (Å²) in [6.07, 6.45) is 0. The summed E-state index contributed by atoms with van der Waals surface area (Å²) in [6.45, 7) is 1.90. The molecule has 4 rings (SSSR count). The van der Waals surface area contributed by atoms with Crippen LogP contribution in [0.2, 0.25) is 0 Å². The van der Waals surface area contributed by atoms with E-state index in [0.717, 1.165) is 26.9 Å². The normalized spacial score (nSPS) is 10.7. The molecule has 7 nitrogen and oxygen atoms in total. The summed E-state index contributed by atoms with van der Waals surface area (Å²) >= 11 is 1.51. The van der Waals surface area contributed by atoms with Crippen LogP contribution < -0.4 is 16.6 Å². The molecular weight excluding hydrogens is 388 g/mol. The molecule has 4 aromatic rings. The Balaban J connectivity index is 1.67. The van der Waals surface area contributed by atoms with Gasteiger partial charge in [-0.2, -0.15) is 0 Å². The van der Waals surface area contributed by atoms with Crippen molar-refractivity contribution in [1.29, 1.82) is 0 Å². The molecule has 0 atom stereocenters. The highest BCUT2D eigenvalue weighted by Crippen LogP contribution is 2.28. The molecule has 2 aromatic heterocycles. The highest BCUT2D eigenvalue weighted by molar-refractivity contribution is 7.09. The van der Waals surface area contributed by atoms with Gasteiger partial charge in [-0.05, 0) is 25.1 Å². The van der Waals surface area contributed by atoms with Crippen molar-refractivity contribution in [2.45, 2.75) is 6.92 Å². The fraction of sp³-hybridized carbons (Fsp3) is 0.0476. The summed E-state index contributed by atoms with van der Waals surface area (Å²) in [7, 11) is 0. The average molecular weight is 404 g/mol. The number of para-hydroxylation sites is 2. The van der Waals surface area contributed by atoms with Crippen LogP contribution in [0.25, 0.3) is 16.9 Å². The summed E-state index contributed by atoms with van der Waals surface area (Å²) in [4.78, 5) is 44.5. The first-order valence-corrected chi connectivity index (χ1v) is 9.65. The monoisotopic (exact) mass is 404 g/mol. The van der Waals surface area contributed by atoms with Crippen LogP contribution in [0.5, 0.6) is 0 Å². The number of thiazole rings is 1. The van der Waals surface area contributed by atoms with E-state index in [1.807, 2.05) is 24.4 Å². The van der Waals surface area contributed by atoms with E-state index >= 15 is 0 Å². The number of amides is 1. The van der Waals surface area contributed by atoms with Crippen molar-refractivity contribution in [2.24, 2.45) is 0 Å². The Morgan fingerprint density at radius 1 is 1.07 bits per heavy atom. The van der Waals surface area contributed by atoms with Crippen LogP contribution >= 0.6 is 11.3 Å². The number of aromatic amines is 1. The van der Waals surface area contributed by atoms with Gasteiger partial charge in [-0.25, -0.2) is 14.3 Å². The van der Waals surface area contributed by atoms with Crippen molar-refractivity contribution in [1.82, 2.24) is 14.5 Å². The Hall–Kier alpha value is -3.78. The number of carbonyl (C=O) groups excluding carboxylic acids is 1. The number of benzene rings is 2. The summed E-state index contributed by atoms with van der Waals surface area (Å²) in [6, 6.07) is 16.8. The molecule has 0 aliphatic carbocycles. The molecule has 0 bridgehead atoms. The maximum atomic E-state index is 12.7. The molecule has 2 N–H and O–H groups in total. The Bertz CT molecular complexity index is 1270. The van der Waals surface area contributed by atoms with Crippen LogP contribution in [0.4, 0.5) is 5.69 Å². The molecule has 0 aliphatic rings. The van der Waals surface area contributed by atoms with Gasteiger partial charge in [-0.1, -0.05) is 36.4 Å². The Kier molecular flexibility index (Phi) is 4.92. The minimum absolute atomic E-state index is 0.114. The average Bonchev–Trinajstić information content (AvgIpc) is 3.15. The first-order valence-electron chi connectivity index (χ1n) is 8.77. The fourth-order valence-corrected chi connectivity index (χ4v) is 3.54. The van der Waals surface area contributed by atoms with Crippen LogP contribution in [-0.2, 0) is 0 Å². The standard InChI is InChI=1S/C21H16N4O3S/c1-13-22-18(12-29-13)15-9-5-6-10-16(15)23-20(27)17-11-19(26)25(21(28)24-17)14-7-3-2-4-8-14/h2-12H,1H3,(H,23,27)(H,24,28). The Labute approximate surface area is 169 Å². The van der Waals surface area contributed by atoms with Crippen LogP contribution in [0, 0.1) is 6.92 Å². The lowest BCUT2D eigenvalue weighted by atomic mass is 10.1. The van der Waals surface area contributed by atoms with E-state index in [0.29, 0.717) is 11.4 Å². The number of aryl methyl sites for hydroxylation is 1. The van der Waals surface area contributed by atoms with Crippen molar-refractivity contribution in [3.63, 3.8) is 0 Å². The number of nitrogens with one attached hydrogen (secondary N) is 2. The van der Waals surface area contributed by atoms with Crippen molar-refractivity contribution in [3.8, 4) is 16.9 Å². The predicted molar refractivity (Wildman–Crippen MR) is 113 cm³/mol. The Morgan fingerprint density at radius 3 is 2.48 bits per heavy atom. The van der Waals surface area contributed by atoms with Crippen molar-refractivity contribution in [2.75, 3.05) is 5.32 Å². The minimum Gasteiger partial charge on any atom is -0.320 e. The largest absolute Gasteiger partial charge is 0.333 e. The quantitative estimate of drug-likeness (QED) is 0.546. The van der Waals surface area contributed by atoms with Crippen LogP contribution in [0.1, 0.15) is 15.5 Å². The molecule has 0 fully saturated rings. The zero-order valence-corrected chi connectivity index (χ0v) is 16.2. The second kappa shape index (κ2) is 7.69. The number of hydrogen-bond acceptors (Lipinski definition) is 5. The lowest BCUT2D eigenvalue weighted by molar-refractivity contribution is 0.102. The molecular formula is C21H16N4O3S. The van der Waals surface area contributed by atoms with Crippen molar-refractivity contribution < 1.29 is 4.79 Å². The van der Waals surface area contributed by atoms with E-state index in [1.54, 1.807) is 42.5 Å². The number of H-pyrrole nitrogens is 1. The van der Waals surface area contributed by atoms with Gasteiger partial charge in [0.25, 0.3) is 11.5 Å². The van der Waals surface area contributed by atoms with Gasteiger partial charge in [0.2, 0.25) is 0 Å². The molecule has 2 aromatic carbocycles.